The van der Waals surface area contributed by atoms with Crippen molar-refractivity contribution in [2.45, 2.75) is 51.5 Å². The number of pyridine rings is 1. The van der Waals surface area contributed by atoms with Crippen LogP contribution in [0.4, 0.5) is 0 Å². The monoisotopic (exact) mass is 419 g/mol. The van der Waals surface area contributed by atoms with Crippen LogP contribution in [0.2, 0.25) is 0 Å². The van der Waals surface area contributed by atoms with E-state index in [4.69, 9.17) is 0 Å². The van der Waals surface area contributed by atoms with Crippen molar-refractivity contribution >= 4 is 11.8 Å². The minimum absolute atomic E-state index is 0.0589. The Kier molecular flexibility index (Phi) is 4.95. The van der Waals surface area contributed by atoms with E-state index in [1.54, 1.807) is 22.7 Å². The molecule has 0 unspecified atom stereocenters. The van der Waals surface area contributed by atoms with Crippen molar-refractivity contribution in [1.82, 2.24) is 14.8 Å². The van der Waals surface area contributed by atoms with Gasteiger partial charge in [0.05, 0.1) is 5.69 Å². The van der Waals surface area contributed by atoms with Crippen molar-refractivity contribution in [2.24, 2.45) is 11.8 Å². The molecule has 6 heteroatoms. The van der Waals surface area contributed by atoms with Gasteiger partial charge in [-0.15, -0.1) is 0 Å². The van der Waals surface area contributed by atoms with E-state index in [2.05, 4.69) is 11.4 Å². The van der Waals surface area contributed by atoms with Gasteiger partial charge in [-0.3, -0.25) is 19.0 Å². The Bertz CT molecular complexity index is 1120. The van der Waals surface area contributed by atoms with Crippen molar-refractivity contribution in [1.29, 1.82) is 0 Å². The molecule has 3 aliphatic rings. The second-order valence-electron chi connectivity index (χ2n) is 9.39. The normalized spacial score (nSPS) is 24.5. The highest BCUT2D eigenvalue weighted by Gasteiger charge is 2.41. The molecule has 2 aromatic rings. The number of fused-ring (bicyclic) bond motifs is 2. The predicted molar refractivity (Wildman–Crippen MR) is 119 cm³/mol. The maximum atomic E-state index is 13.5. The summed E-state index contributed by atoms with van der Waals surface area (Å²) in [6, 6.07) is 8.03. The van der Waals surface area contributed by atoms with Crippen molar-refractivity contribution in [3.05, 3.63) is 63.1 Å². The Morgan fingerprint density at radius 1 is 1.13 bits per heavy atom. The molecule has 1 aliphatic heterocycles. The average molecular weight is 420 g/mol. The first-order valence-corrected chi connectivity index (χ1v) is 11.3. The number of hydrogen-bond acceptors (Lipinski definition) is 3. The lowest BCUT2D eigenvalue weighted by Crippen LogP contribution is -2.40. The quantitative estimate of drug-likeness (QED) is 0.831. The van der Waals surface area contributed by atoms with Crippen LogP contribution in [0.1, 0.15) is 52.7 Å². The molecular formula is C25H29N3O3. The number of aromatic nitrogens is 1. The molecule has 0 bridgehead atoms. The average Bonchev–Trinajstić information content (AvgIpc) is 3.39. The van der Waals surface area contributed by atoms with Gasteiger partial charge in [0, 0.05) is 32.3 Å². The number of aryl methyl sites for hydroxylation is 2. The van der Waals surface area contributed by atoms with Crippen LogP contribution in [-0.4, -0.2) is 40.9 Å². The van der Waals surface area contributed by atoms with Crippen molar-refractivity contribution in [2.75, 3.05) is 13.6 Å². The number of amides is 2. The lowest BCUT2D eigenvalue weighted by Gasteiger charge is -2.25. The fraction of sp³-hybridized carbons (Fsp3) is 0.480. The van der Waals surface area contributed by atoms with Gasteiger partial charge in [-0.2, -0.15) is 0 Å². The van der Waals surface area contributed by atoms with Crippen LogP contribution >= 0.6 is 0 Å². The summed E-state index contributed by atoms with van der Waals surface area (Å²) in [5.41, 5.74) is 4.13. The zero-order chi connectivity index (χ0) is 21.7. The lowest BCUT2D eigenvalue weighted by molar-refractivity contribution is -0.124. The molecule has 1 saturated heterocycles. The van der Waals surface area contributed by atoms with Gasteiger partial charge in [-0.1, -0.05) is 12.1 Å². The van der Waals surface area contributed by atoms with E-state index < -0.39 is 0 Å². The summed E-state index contributed by atoms with van der Waals surface area (Å²) in [6.07, 6.45) is 7.14. The highest BCUT2D eigenvalue weighted by Crippen LogP contribution is 2.38. The van der Waals surface area contributed by atoms with Gasteiger partial charge in [0.25, 0.3) is 11.5 Å². The molecule has 6 nitrogen and oxygen atoms in total. The minimum atomic E-state index is -0.246. The standard InChI is InChI=1S/C25H29N3O3/c1-15-9-10-28(21-8-4-6-16-5-3-7-20(16)21)25(31)23(15)24(30)27(2)19-11-17-13-22(29)26-14-18(17)12-19/h4,6,8-10,17-19H,3,5,7,11-14H2,1-2H3,(H,26,29)/t17-,18+,19-/m0/s1. The molecular weight excluding hydrogens is 390 g/mol. The second-order valence-corrected chi connectivity index (χ2v) is 9.39. The van der Waals surface area contributed by atoms with Crippen molar-refractivity contribution in [3.63, 3.8) is 0 Å². The highest BCUT2D eigenvalue weighted by molar-refractivity contribution is 5.95. The number of rotatable bonds is 3. The van der Waals surface area contributed by atoms with Crippen LogP contribution in [0.25, 0.3) is 5.69 Å². The number of piperidine rings is 1. The minimum Gasteiger partial charge on any atom is -0.356 e. The molecule has 0 radical (unpaired) electrons. The molecule has 2 fully saturated rings. The van der Waals surface area contributed by atoms with Crippen LogP contribution in [0.3, 0.4) is 0 Å². The first-order chi connectivity index (χ1) is 14.9. The summed E-state index contributed by atoms with van der Waals surface area (Å²) in [7, 11) is 1.80. The first kappa shape index (κ1) is 20.0. The molecule has 3 atom stereocenters. The maximum absolute atomic E-state index is 13.5. The Balaban J connectivity index is 1.46. The molecule has 1 aromatic carbocycles. The van der Waals surface area contributed by atoms with Gasteiger partial charge in [0.15, 0.2) is 0 Å². The molecule has 0 spiro atoms. The SMILES string of the molecule is Cc1ccn(-c2cccc3c2CCC3)c(=O)c1C(=O)N(C)[C@H]1C[C@H]2CC(=O)NC[C@H]2C1. The summed E-state index contributed by atoms with van der Waals surface area (Å²) in [6.45, 7) is 2.53. The van der Waals surface area contributed by atoms with E-state index in [9.17, 15) is 14.4 Å². The number of nitrogens with one attached hydrogen (secondary N) is 1. The zero-order valence-corrected chi connectivity index (χ0v) is 18.2. The molecule has 2 amide bonds. The summed E-state index contributed by atoms with van der Waals surface area (Å²) in [4.78, 5) is 40.5. The Labute approximate surface area is 182 Å². The van der Waals surface area contributed by atoms with Crippen molar-refractivity contribution < 1.29 is 9.59 Å². The largest absolute Gasteiger partial charge is 0.356 e. The second kappa shape index (κ2) is 7.66. The number of hydrogen-bond donors (Lipinski definition) is 1. The van der Waals surface area contributed by atoms with Crippen LogP contribution in [0, 0.1) is 18.8 Å². The maximum Gasteiger partial charge on any atom is 0.268 e. The molecule has 2 heterocycles. The smallest absolute Gasteiger partial charge is 0.268 e. The number of carbonyl (C=O) groups is 2. The van der Waals surface area contributed by atoms with Crippen LogP contribution in [0.15, 0.2) is 35.3 Å². The van der Waals surface area contributed by atoms with E-state index in [0.29, 0.717) is 30.4 Å². The van der Waals surface area contributed by atoms with Gasteiger partial charge >= 0.3 is 0 Å². The van der Waals surface area contributed by atoms with Crippen molar-refractivity contribution in [3.8, 4) is 5.69 Å². The molecule has 162 valence electrons. The molecule has 1 N–H and O–H groups in total. The Morgan fingerprint density at radius 2 is 1.94 bits per heavy atom. The Morgan fingerprint density at radius 3 is 2.77 bits per heavy atom. The third kappa shape index (κ3) is 3.38. The fourth-order valence-corrected chi connectivity index (χ4v) is 5.80. The van der Waals surface area contributed by atoms with Gasteiger partial charge in [0.2, 0.25) is 5.91 Å². The third-order valence-corrected chi connectivity index (χ3v) is 7.59. The number of carbonyl (C=O) groups excluding carboxylic acids is 2. The summed E-state index contributed by atoms with van der Waals surface area (Å²) in [5, 5.41) is 2.94. The Hall–Kier alpha value is -2.89. The zero-order valence-electron chi connectivity index (χ0n) is 18.2. The first-order valence-electron chi connectivity index (χ1n) is 11.3. The third-order valence-electron chi connectivity index (χ3n) is 7.59. The molecule has 31 heavy (non-hydrogen) atoms. The molecule has 2 aliphatic carbocycles. The number of nitrogens with zero attached hydrogens (tertiary/aromatic N) is 2. The van der Waals surface area contributed by atoms with Gasteiger partial charge in [-0.05, 0) is 79.7 Å². The van der Waals surface area contributed by atoms with E-state index in [0.717, 1.165) is 37.8 Å². The van der Waals surface area contributed by atoms with Gasteiger partial charge in [-0.25, -0.2) is 0 Å². The summed E-state index contributed by atoms with van der Waals surface area (Å²) in [5.74, 6) is 0.633. The van der Waals surface area contributed by atoms with Gasteiger partial charge in [0.1, 0.15) is 5.56 Å². The predicted octanol–water partition coefficient (Wildman–Crippen LogP) is 2.62. The van der Waals surface area contributed by atoms with Crippen LogP contribution in [-0.2, 0) is 17.6 Å². The molecule has 1 aromatic heterocycles. The van der Waals surface area contributed by atoms with E-state index in [-0.39, 0.29) is 29.0 Å². The fourth-order valence-electron chi connectivity index (χ4n) is 5.80. The van der Waals surface area contributed by atoms with Crippen LogP contribution in [0.5, 0.6) is 0 Å². The summed E-state index contributed by atoms with van der Waals surface area (Å²) >= 11 is 0. The van der Waals surface area contributed by atoms with E-state index in [1.165, 1.54) is 11.1 Å². The highest BCUT2D eigenvalue weighted by atomic mass is 16.2. The number of benzene rings is 1. The lowest BCUT2D eigenvalue weighted by atomic mass is 9.89. The molecule has 5 rings (SSSR count). The van der Waals surface area contributed by atoms with E-state index >= 15 is 0 Å². The van der Waals surface area contributed by atoms with E-state index in [1.807, 2.05) is 25.1 Å². The van der Waals surface area contributed by atoms with Crippen LogP contribution < -0.4 is 10.9 Å². The van der Waals surface area contributed by atoms with Gasteiger partial charge < -0.3 is 10.2 Å². The topological polar surface area (TPSA) is 71.4 Å². The molecule has 1 saturated carbocycles. The summed E-state index contributed by atoms with van der Waals surface area (Å²) < 4.78 is 1.65.